The Balaban J connectivity index is 1.43. The molecule has 1 aliphatic rings. The quantitative estimate of drug-likeness (QED) is 0.686. The number of carbonyl (C=O) groups is 1. The van der Waals surface area contributed by atoms with Gasteiger partial charge in [0.1, 0.15) is 6.61 Å². The van der Waals surface area contributed by atoms with Gasteiger partial charge in [0.05, 0.1) is 11.6 Å². The molecule has 1 unspecified atom stereocenters. The van der Waals surface area contributed by atoms with Crippen molar-refractivity contribution in [3.8, 4) is 22.9 Å². The Bertz CT molecular complexity index is 975. The normalized spacial score (nSPS) is 15.4. The highest BCUT2D eigenvalue weighted by molar-refractivity contribution is 6.33. The van der Waals surface area contributed by atoms with E-state index in [0.717, 1.165) is 0 Å². The first-order valence-electron chi connectivity index (χ1n) is 8.33. The third-order valence-electron chi connectivity index (χ3n) is 4.12. The summed E-state index contributed by atoms with van der Waals surface area (Å²) in [6.07, 6.45) is -0.726. The molecule has 138 valence electrons. The van der Waals surface area contributed by atoms with Crippen molar-refractivity contribution in [1.82, 2.24) is 15.0 Å². The highest BCUT2D eigenvalue weighted by atomic mass is 35.5. The first kappa shape index (κ1) is 17.4. The van der Waals surface area contributed by atoms with Gasteiger partial charge in [-0.15, -0.1) is 0 Å². The van der Waals surface area contributed by atoms with E-state index in [1.54, 1.807) is 31.3 Å². The molecule has 2 aromatic carbocycles. The molecule has 3 aromatic rings. The topological polar surface area (TPSA) is 77.7 Å². The van der Waals surface area contributed by atoms with Gasteiger partial charge in [0.25, 0.3) is 5.91 Å². The second-order valence-electron chi connectivity index (χ2n) is 6.05. The summed E-state index contributed by atoms with van der Waals surface area (Å²) < 4.78 is 16.6. The lowest BCUT2D eigenvalue weighted by Gasteiger charge is -2.28. The predicted molar refractivity (Wildman–Crippen MR) is 97.6 cm³/mol. The molecule has 1 aliphatic heterocycles. The molecule has 4 rings (SSSR count). The molecule has 0 saturated carbocycles. The predicted octanol–water partition coefficient (Wildman–Crippen LogP) is 3.19. The number of ether oxygens (including phenoxy) is 2. The molecule has 0 spiro atoms. The molecule has 0 fully saturated rings. The molecular weight excluding hydrogens is 370 g/mol. The molecule has 1 aromatic heterocycles. The lowest BCUT2D eigenvalue weighted by Crippen LogP contribution is -2.44. The van der Waals surface area contributed by atoms with E-state index in [2.05, 4.69) is 10.1 Å². The van der Waals surface area contributed by atoms with Gasteiger partial charge in [0.2, 0.25) is 17.8 Å². The number of halogens is 1. The van der Waals surface area contributed by atoms with Crippen LogP contribution in [0.4, 0.5) is 0 Å². The number of amides is 1. The minimum atomic E-state index is -0.726. The largest absolute Gasteiger partial charge is 0.485 e. The fourth-order valence-electron chi connectivity index (χ4n) is 2.74. The van der Waals surface area contributed by atoms with Crippen molar-refractivity contribution in [3.05, 3.63) is 59.4 Å². The zero-order valence-corrected chi connectivity index (χ0v) is 15.2. The Morgan fingerprint density at radius 1 is 1.19 bits per heavy atom. The van der Waals surface area contributed by atoms with Crippen LogP contribution in [0.25, 0.3) is 11.4 Å². The zero-order chi connectivity index (χ0) is 18.8. The summed E-state index contributed by atoms with van der Waals surface area (Å²) in [4.78, 5) is 18.4. The third kappa shape index (κ3) is 3.59. The van der Waals surface area contributed by atoms with Gasteiger partial charge < -0.3 is 18.9 Å². The summed E-state index contributed by atoms with van der Waals surface area (Å²) in [5.74, 6) is 1.63. The smallest absolute Gasteiger partial charge is 0.267 e. The van der Waals surface area contributed by atoms with E-state index >= 15 is 0 Å². The summed E-state index contributed by atoms with van der Waals surface area (Å²) >= 11 is 6.15. The van der Waals surface area contributed by atoms with Gasteiger partial charge in [0.15, 0.2) is 11.5 Å². The number of carbonyl (C=O) groups excluding carboxylic acids is 1. The maximum atomic E-state index is 12.7. The SMILES string of the molecule is CN(Cc1nc(-c2ccccc2Cl)no1)C(=O)C1COc2ccccc2O1. The molecule has 0 N–H and O–H groups in total. The highest BCUT2D eigenvalue weighted by Crippen LogP contribution is 2.31. The van der Waals surface area contributed by atoms with E-state index < -0.39 is 6.10 Å². The van der Waals surface area contributed by atoms with Crippen LogP contribution < -0.4 is 9.47 Å². The van der Waals surface area contributed by atoms with Crippen molar-refractivity contribution in [2.45, 2.75) is 12.6 Å². The van der Waals surface area contributed by atoms with Crippen molar-refractivity contribution in [2.24, 2.45) is 0 Å². The lowest BCUT2D eigenvalue weighted by molar-refractivity contribution is -0.140. The summed E-state index contributed by atoms with van der Waals surface area (Å²) in [7, 11) is 1.64. The summed E-state index contributed by atoms with van der Waals surface area (Å²) in [6.45, 7) is 0.298. The van der Waals surface area contributed by atoms with Crippen molar-refractivity contribution in [3.63, 3.8) is 0 Å². The molecule has 8 heteroatoms. The lowest BCUT2D eigenvalue weighted by atomic mass is 10.2. The van der Waals surface area contributed by atoms with Crippen molar-refractivity contribution < 1.29 is 18.8 Å². The van der Waals surface area contributed by atoms with Crippen molar-refractivity contribution in [1.29, 1.82) is 0 Å². The monoisotopic (exact) mass is 385 g/mol. The van der Waals surface area contributed by atoms with E-state index in [9.17, 15) is 4.79 Å². The van der Waals surface area contributed by atoms with E-state index in [0.29, 0.717) is 33.8 Å². The number of hydrogen-bond acceptors (Lipinski definition) is 6. The molecule has 0 saturated heterocycles. The maximum absolute atomic E-state index is 12.7. The van der Waals surface area contributed by atoms with Gasteiger partial charge >= 0.3 is 0 Å². The summed E-state index contributed by atoms with van der Waals surface area (Å²) in [5.41, 5.74) is 0.670. The fraction of sp³-hybridized carbons (Fsp3) is 0.211. The Hall–Kier alpha value is -3.06. The second kappa shape index (κ2) is 7.28. The Labute approximate surface area is 160 Å². The van der Waals surface area contributed by atoms with E-state index in [4.69, 9.17) is 25.6 Å². The molecule has 1 amide bonds. The van der Waals surface area contributed by atoms with Crippen molar-refractivity contribution in [2.75, 3.05) is 13.7 Å². The van der Waals surface area contributed by atoms with E-state index in [1.807, 2.05) is 24.3 Å². The Morgan fingerprint density at radius 3 is 2.74 bits per heavy atom. The third-order valence-corrected chi connectivity index (χ3v) is 4.45. The Morgan fingerprint density at radius 2 is 1.93 bits per heavy atom. The number of benzene rings is 2. The molecule has 7 nitrogen and oxygen atoms in total. The zero-order valence-electron chi connectivity index (χ0n) is 14.5. The van der Waals surface area contributed by atoms with Gasteiger partial charge in [-0.1, -0.05) is 41.0 Å². The van der Waals surface area contributed by atoms with Crippen LogP contribution in [-0.4, -0.2) is 40.7 Å². The minimum absolute atomic E-state index is 0.148. The van der Waals surface area contributed by atoms with Crippen LogP contribution in [0.2, 0.25) is 5.02 Å². The van der Waals surface area contributed by atoms with Crippen LogP contribution in [0.3, 0.4) is 0 Å². The van der Waals surface area contributed by atoms with Crippen LogP contribution in [0, 0.1) is 0 Å². The fourth-order valence-corrected chi connectivity index (χ4v) is 2.96. The van der Waals surface area contributed by atoms with Crippen LogP contribution in [0.15, 0.2) is 53.1 Å². The molecule has 2 heterocycles. The van der Waals surface area contributed by atoms with Gasteiger partial charge in [-0.2, -0.15) is 4.98 Å². The highest BCUT2D eigenvalue weighted by Gasteiger charge is 2.30. The van der Waals surface area contributed by atoms with Crippen molar-refractivity contribution >= 4 is 17.5 Å². The average molecular weight is 386 g/mol. The number of para-hydroxylation sites is 2. The molecule has 0 radical (unpaired) electrons. The number of nitrogens with zero attached hydrogens (tertiary/aromatic N) is 3. The van der Waals surface area contributed by atoms with Gasteiger partial charge in [-0.05, 0) is 24.3 Å². The average Bonchev–Trinajstić information content (AvgIpc) is 3.15. The van der Waals surface area contributed by atoms with Crippen LogP contribution in [0.5, 0.6) is 11.5 Å². The van der Waals surface area contributed by atoms with Gasteiger partial charge in [-0.25, -0.2) is 0 Å². The molecule has 0 aliphatic carbocycles. The van der Waals surface area contributed by atoms with Crippen LogP contribution in [-0.2, 0) is 11.3 Å². The standard InChI is InChI=1S/C19H16ClN3O4/c1-23(19(24)16-11-25-14-8-4-5-9-15(14)26-16)10-17-21-18(22-27-17)12-6-2-3-7-13(12)20/h2-9,16H,10-11H2,1H3. The molecule has 0 bridgehead atoms. The molecule has 1 atom stereocenters. The molecule has 27 heavy (non-hydrogen) atoms. The second-order valence-corrected chi connectivity index (χ2v) is 6.46. The minimum Gasteiger partial charge on any atom is -0.485 e. The summed E-state index contributed by atoms with van der Waals surface area (Å²) in [6, 6.07) is 14.5. The first-order valence-corrected chi connectivity index (χ1v) is 8.70. The van der Waals surface area contributed by atoms with E-state index in [1.165, 1.54) is 4.90 Å². The maximum Gasteiger partial charge on any atom is 0.267 e. The summed E-state index contributed by atoms with van der Waals surface area (Å²) in [5, 5.41) is 4.47. The van der Waals surface area contributed by atoms with E-state index in [-0.39, 0.29) is 19.1 Å². The van der Waals surface area contributed by atoms with Crippen LogP contribution >= 0.6 is 11.6 Å². The number of rotatable bonds is 4. The Kier molecular flexibility index (Phi) is 4.68. The molecular formula is C19H16ClN3O4. The number of hydrogen-bond donors (Lipinski definition) is 0. The number of fused-ring (bicyclic) bond motifs is 1. The van der Waals surface area contributed by atoms with Gasteiger partial charge in [-0.3, -0.25) is 4.79 Å². The van der Waals surface area contributed by atoms with Gasteiger partial charge in [0, 0.05) is 12.6 Å². The first-order chi connectivity index (χ1) is 13.1. The number of likely N-dealkylation sites (N-methyl/N-ethyl adjacent to an activating group) is 1. The van der Waals surface area contributed by atoms with Crippen LogP contribution in [0.1, 0.15) is 5.89 Å². The number of aromatic nitrogens is 2.